The van der Waals surface area contributed by atoms with Gasteiger partial charge in [0.2, 0.25) is 0 Å². The first kappa shape index (κ1) is 22.3. The van der Waals surface area contributed by atoms with Crippen LogP contribution in [0.1, 0.15) is 53.7 Å². The van der Waals surface area contributed by atoms with Gasteiger partial charge in [0, 0.05) is 24.6 Å². The summed E-state index contributed by atoms with van der Waals surface area (Å²) in [4.78, 5) is 35.9. The van der Waals surface area contributed by atoms with Crippen LogP contribution in [0.2, 0.25) is 0 Å². The number of carbonyl (C=O) groups excluding carboxylic acids is 3. The third-order valence-electron chi connectivity index (χ3n) is 4.83. The zero-order chi connectivity index (χ0) is 21.6. The van der Waals surface area contributed by atoms with Crippen molar-refractivity contribution in [1.82, 2.24) is 5.32 Å². The van der Waals surface area contributed by atoms with Crippen molar-refractivity contribution < 1.29 is 28.6 Å². The molecule has 1 aliphatic heterocycles. The van der Waals surface area contributed by atoms with Crippen LogP contribution in [0.5, 0.6) is 5.75 Å². The molecule has 0 bridgehead atoms. The third-order valence-corrected chi connectivity index (χ3v) is 4.83. The molecule has 2 amide bonds. The number of carbonyl (C=O) groups is 3. The number of nitrogens with one attached hydrogen (secondary N) is 2. The van der Waals surface area contributed by atoms with Crippen LogP contribution in [0, 0.1) is 6.92 Å². The van der Waals surface area contributed by atoms with Gasteiger partial charge >= 0.3 is 18.0 Å². The molecule has 0 atom stereocenters. The number of anilines is 1. The number of urea groups is 1. The molecule has 0 spiro atoms. The van der Waals surface area contributed by atoms with Crippen LogP contribution in [-0.2, 0) is 27.3 Å². The smallest absolute Gasteiger partial charge is 0.341 e. The molecule has 0 radical (unpaired) electrons. The predicted octanol–water partition coefficient (Wildman–Crippen LogP) is 3.26. The molecule has 0 unspecified atom stereocenters. The molecule has 0 aromatic heterocycles. The summed E-state index contributed by atoms with van der Waals surface area (Å²) >= 11 is 0. The van der Waals surface area contributed by atoms with E-state index in [1.807, 2.05) is 19.9 Å². The number of amides is 2. The fourth-order valence-corrected chi connectivity index (χ4v) is 3.28. The predicted molar refractivity (Wildman–Crippen MR) is 108 cm³/mol. The van der Waals surface area contributed by atoms with Crippen molar-refractivity contribution in [3.63, 3.8) is 0 Å². The van der Waals surface area contributed by atoms with Crippen LogP contribution >= 0.6 is 0 Å². The summed E-state index contributed by atoms with van der Waals surface area (Å²) in [7, 11) is 3.05. The number of esters is 2. The van der Waals surface area contributed by atoms with Gasteiger partial charge in [0.15, 0.2) is 0 Å². The fourth-order valence-electron chi connectivity index (χ4n) is 3.28. The molecule has 1 aliphatic rings. The molecule has 8 nitrogen and oxygen atoms in total. The molecule has 2 N–H and O–H groups in total. The van der Waals surface area contributed by atoms with E-state index in [4.69, 9.17) is 14.2 Å². The average molecular weight is 404 g/mol. The third kappa shape index (κ3) is 5.07. The van der Waals surface area contributed by atoms with Crippen molar-refractivity contribution in [3.8, 4) is 5.75 Å². The molecule has 158 valence electrons. The number of ether oxygens (including phenoxy) is 3. The molecule has 0 saturated heterocycles. The van der Waals surface area contributed by atoms with Gasteiger partial charge in [0.1, 0.15) is 12.4 Å². The maximum Gasteiger partial charge on any atom is 0.341 e. The van der Waals surface area contributed by atoms with Crippen molar-refractivity contribution in [3.05, 3.63) is 33.9 Å². The van der Waals surface area contributed by atoms with E-state index in [1.165, 1.54) is 7.05 Å². The van der Waals surface area contributed by atoms with Gasteiger partial charge in [-0.2, -0.15) is 0 Å². The van der Waals surface area contributed by atoms with Gasteiger partial charge in [-0.15, -0.1) is 0 Å². The topological polar surface area (TPSA) is 103 Å². The zero-order valence-electron chi connectivity index (χ0n) is 17.6. The maximum atomic E-state index is 12.3. The van der Waals surface area contributed by atoms with Crippen LogP contribution in [0.4, 0.5) is 10.5 Å². The molecule has 8 heteroatoms. The number of rotatable bonds is 8. The summed E-state index contributed by atoms with van der Waals surface area (Å²) in [5.74, 6) is -0.111. The fraction of sp³-hybridized carbons (Fsp3) is 0.476. The molecule has 0 fully saturated rings. The normalized spacial score (nSPS) is 12.9. The lowest BCUT2D eigenvalue weighted by Crippen LogP contribution is -2.26. The molecule has 2 rings (SSSR count). The minimum absolute atomic E-state index is 0.146. The molecule has 0 saturated carbocycles. The van der Waals surface area contributed by atoms with E-state index >= 15 is 0 Å². The SMILES string of the molecule is CCOC(=O)CC/C(C)=C/Cc1c(NC(=O)NC)c2c(c(C)c1OC)COC2=O. The number of methoxy groups -OCH3 is 1. The van der Waals surface area contributed by atoms with Crippen molar-refractivity contribution >= 4 is 23.7 Å². The summed E-state index contributed by atoms with van der Waals surface area (Å²) in [6, 6.07) is -0.443. The highest BCUT2D eigenvalue weighted by Crippen LogP contribution is 2.41. The molecule has 1 aromatic rings. The standard InChI is InChI=1S/C21H28N2O6/c1-6-28-16(24)10-8-12(2)7-9-14-18(23-21(26)22-4)17-15(11-29-20(17)25)13(3)19(14)27-5/h7H,6,8-11H2,1-5H3,(H2,22,23,26)/b12-7+. The highest BCUT2D eigenvalue weighted by molar-refractivity contribution is 6.05. The number of hydrogen-bond donors (Lipinski definition) is 2. The maximum absolute atomic E-state index is 12.3. The minimum Gasteiger partial charge on any atom is -0.496 e. The first-order chi connectivity index (χ1) is 13.8. The van der Waals surface area contributed by atoms with Gasteiger partial charge in [-0.25, -0.2) is 9.59 Å². The molecule has 29 heavy (non-hydrogen) atoms. The summed E-state index contributed by atoms with van der Waals surface area (Å²) in [5.41, 5.74) is 3.94. The van der Waals surface area contributed by atoms with E-state index < -0.39 is 12.0 Å². The highest BCUT2D eigenvalue weighted by atomic mass is 16.5. The van der Waals surface area contributed by atoms with Crippen LogP contribution < -0.4 is 15.4 Å². The van der Waals surface area contributed by atoms with Gasteiger partial charge in [0.05, 0.1) is 25.0 Å². The van der Waals surface area contributed by atoms with Crippen molar-refractivity contribution in [1.29, 1.82) is 0 Å². The van der Waals surface area contributed by atoms with Crippen LogP contribution in [0.3, 0.4) is 0 Å². The number of fused-ring (bicyclic) bond motifs is 1. The number of cyclic esters (lactones) is 1. The molecule has 0 aliphatic carbocycles. The largest absolute Gasteiger partial charge is 0.496 e. The van der Waals surface area contributed by atoms with Crippen molar-refractivity contribution in [2.24, 2.45) is 0 Å². The Balaban J connectivity index is 2.41. The van der Waals surface area contributed by atoms with Crippen LogP contribution in [0.15, 0.2) is 11.6 Å². The number of allylic oxidation sites excluding steroid dienone is 2. The lowest BCUT2D eigenvalue weighted by atomic mass is 9.93. The Morgan fingerprint density at radius 3 is 2.62 bits per heavy atom. The molecular formula is C21H28N2O6. The van der Waals surface area contributed by atoms with E-state index in [2.05, 4.69) is 10.6 Å². The first-order valence-corrected chi connectivity index (χ1v) is 9.53. The van der Waals surface area contributed by atoms with E-state index in [9.17, 15) is 14.4 Å². The summed E-state index contributed by atoms with van der Waals surface area (Å²) in [6.45, 7) is 6.07. The second-order valence-electron chi connectivity index (χ2n) is 6.71. The Morgan fingerprint density at radius 2 is 2.00 bits per heavy atom. The lowest BCUT2D eigenvalue weighted by Gasteiger charge is -2.19. The Labute approximate surface area is 170 Å². The zero-order valence-corrected chi connectivity index (χ0v) is 17.6. The number of benzene rings is 1. The van der Waals surface area contributed by atoms with E-state index in [0.717, 1.165) is 11.1 Å². The molecule has 1 aromatic carbocycles. The van der Waals surface area contributed by atoms with E-state index in [-0.39, 0.29) is 12.6 Å². The van der Waals surface area contributed by atoms with Gasteiger partial charge in [-0.3, -0.25) is 4.79 Å². The van der Waals surface area contributed by atoms with Gasteiger partial charge in [-0.05, 0) is 39.2 Å². The lowest BCUT2D eigenvalue weighted by molar-refractivity contribution is -0.143. The highest BCUT2D eigenvalue weighted by Gasteiger charge is 2.32. The Hall–Kier alpha value is -3.03. The van der Waals surface area contributed by atoms with Gasteiger partial charge < -0.3 is 24.8 Å². The second kappa shape index (κ2) is 9.95. The summed E-state index contributed by atoms with van der Waals surface area (Å²) in [6.07, 6.45) is 3.23. The van der Waals surface area contributed by atoms with Crippen molar-refractivity contribution in [2.75, 3.05) is 26.1 Å². The second-order valence-corrected chi connectivity index (χ2v) is 6.71. The monoisotopic (exact) mass is 404 g/mol. The van der Waals surface area contributed by atoms with Gasteiger partial charge in [-0.1, -0.05) is 11.6 Å². The van der Waals surface area contributed by atoms with Crippen LogP contribution in [-0.4, -0.2) is 38.7 Å². The van der Waals surface area contributed by atoms with Crippen LogP contribution in [0.25, 0.3) is 0 Å². The average Bonchev–Trinajstić information content (AvgIpc) is 3.09. The summed E-state index contributed by atoms with van der Waals surface area (Å²) in [5, 5.41) is 5.25. The van der Waals surface area contributed by atoms with Crippen molar-refractivity contribution in [2.45, 2.75) is 46.6 Å². The molecular weight excluding hydrogens is 376 g/mol. The quantitative estimate of drug-likeness (QED) is 0.509. The Kier molecular flexibility index (Phi) is 7.64. The first-order valence-electron chi connectivity index (χ1n) is 9.53. The number of hydrogen-bond acceptors (Lipinski definition) is 6. The Morgan fingerprint density at radius 1 is 1.28 bits per heavy atom. The van der Waals surface area contributed by atoms with E-state index in [1.54, 1.807) is 14.0 Å². The molecule has 1 heterocycles. The minimum atomic E-state index is -0.471. The van der Waals surface area contributed by atoms with Gasteiger partial charge in [0.25, 0.3) is 0 Å². The Bertz CT molecular complexity index is 844. The summed E-state index contributed by atoms with van der Waals surface area (Å²) < 4.78 is 15.8. The van der Waals surface area contributed by atoms with E-state index in [0.29, 0.717) is 54.0 Å².